The molecule has 94 valence electrons. The van der Waals surface area contributed by atoms with Gasteiger partial charge >= 0.3 is 0 Å². The van der Waals surface area contributed by atoms with E-state index in [1.54, 1.807) is 25.4 Å². The molecule has 1 amide bonds. The van der Waals surface area contributed by atoms with Gasteiger partial charge in [0.1, 0.15) is 11.2 Å². The summed E-state index contributed by atoms with van der Waals surface area (Å²) < 4.78 is 1.40. The van der Waals surface area contributed by atoms with Crippen molar-refractivity contribution in [3.05, 3.63) is 40.3 Å². The highest BCUT2D eigenvalue weighted by atomic mass is 16.2. The van der Waals surface area contributed by atoms with E-state index in [4.69, 9.17) is 0 Å². The molecule has 5 nitrogen and oxygen atoms in total. The van der Waals surface area contributed by atoms with Crippen molar-refractivity contribution in [2.75, 3.05) is 6.54 Å². The predicted octanol–water partition coefficient (Wildman–Crippen LogP) is 1.07. The minimum atomic E-state index is -0.330. The number of aromatic nitrogens is 2. The fraction of sp³-hybridized carbons (Fsp3) is 0.308. The van der Waals surface area contributed by atoms with Crippen LogP contribution in [0.15, 0.2) is 29.2 Å². The summed E-state index contributed by atoms with van der Waals surface area (Å²) in [5.74, 6) is -0.330. The number of hydrogen-bond donors (Lipinski definition) is 1. The fourth-order valence-electron chi connectivity index (χ4n) is 1.79. The Morgan fingerprint density at radius 1 is 1.50 bits per heavy atom. The van der Waals surface area contributed by atoms with Crippen molar-refractivity contribution in [1.82, 2.24) is 14.9 Å². The van der Waals surface area contributed by atoms with Crippen LogP contribution < -0.4 is 10.9 Å². The van der Waals surface area contributed by atoms with Crippen LogP contribution in [0.2, 0.25) is 0 Å². The number of nitrogens with zero attached hydrogens (tertiary/aromatic N) is 2. The van der Waals surface area contributed by atoms with Gasteiger partial charge in [0.25, 0.3) is 11.5 Å². The molecule has 0 aromatic carbocycles. The zero-order chi connectivity index (χ0) is 13.1. The molecule has 0 saturated carbocycles. The van der Waals surface area contributed by atoms with Gasteiger partial charge in [0, 0.05) is 25.2 Å². The summed E-state index contributed by atoms with van der Waals surface area (Å²) in [5, 5.41) is 3.49. The largest absolute Gasteiger partial charge is 0.352 e. The molecule has 2 rings (SSSR count). The van der Waals surface area contributed by atoms with Crippen molar-refractivity contribution >= 4 is 16.9 Å². The van der Waals surface area contributed by atoms with Crippen LogP contribution in [0, 0.1) is 0 Å². The van der Waals surface area contributed by atoms with E-state index in [0.717, 1.165) is 11.8 Å². The molecule has 0 aliphatic rings. The van der Waals surface area contributed by atoms with Gasteiger partial charge in [-0.2, -0.15) is 0 Å². The summed E-state index contributed by atoms with van der Waals surface area (Å²) >= 11 is 0. The molecule has 2 aromatic heterocycles. The molecule has 0 aliphatic heterocycles. The second-order valence-corrected chi connectivity index (χ2v) is 4.09. The Labute approximate surface area is 104 Å². The number of rotatable bonds is 3. The van der Waals surface area contributed by atoms with Crippen molar-refractivity contribution in [2.24, 2.45) is 7.05 Å². The lowest BCUT2D eigenvalue weighted by molar-refractivity contribution is 0.0952. The standard InChI is InChI=1S/C13H15N3O2/c1-3-6-15-12(17)10-8-9-5-4-7-14-11(9)16(2)13(10)18/h4-5,7-8H,3,6H2,1-2H3,(H,15,17). The van der Waals surface area contributed by atoms with Gasteiger partial charge in [0.2, 0.25) is 0 Å². The van der Waals surface area contributed by atoms with E-state index in [-0.39, 0.29) is 17.0 Å². The van der Waals surface area contributed by atoms with Crippen LogP contribution in [-0.4, -0.2) is 22.0 Å². The topological polar surface area (TPSA) is 64.0 Å². The van der Waals surface area contributed by atoms with Crippen molar-refractivity contribution in [2.45, 2.75) is 13.3 Å². The van der Waals surface area contributed by atoms with Crippen molar-refractivity contribution in [3.63, 3.8) is 0 Å². The third-order valence-electron chi connectivity index (χ3n) is 2.75. The van der Waals surface area contributed by atoms with E-state index in [2.05, 4.69) is 10.3 Å². The normalized spacial score (nSPS) is 10.6. The molecular weight excluding hydrogens is 230 g/mol. The molecule has 0 spiro atoms. The minimum absolute atomic E-state index is 0.159. The molecule has 5 heteroatoms. The summed E-state index contributed by atoms with van der Waals surface area (Å²) in [6.45, 7) is 2.52. The fourth-order valence-corrected chi connectivity index (χ4v) is 1.79. The highest BCUT2D eigenvalue weighted by molar-refractivity contribution is 5.96. The summed E-state index contributed by atoms with van der Waals surface area (Å²) in [5.41, 5.74) is 0.413. The monoisotopic (exact) mass is 245 g/mol. The van der Waals surface area contributed by atoms with Crippen LogP contribution >= 0.6 is 0 Å². The van der Waals surface area contributed by atoms with E-state index in [1.165, 1.54) is 4.57 Å². The van der Waals surface area contributed by atoms with E-state index in [9.17, 15) is 9.59 Å². The van der Waals surface area contributed by atoms with E-state index < -0.39 is 0 Å². The molecule has 0 saturated heterocycles. The van der Waals surface area contributed by atoms with Crippen LogP contribution in [0.5, 0.6) is 0 Å². The zero-order valence-electron chi connectivity index (χ0n) is 10.4. The van der Waals surface area contributed by atoms with Crippen LogP contribution in [0.25, 0.3) is 11.0 Å². The Morgan fingerprint density at radius 3 is 3.00 bits per heavy atom. The van der Waals surface area contributed by atoms with E-state index in [1.807, 2.05) is 13.0 Å². The highest BCUT2D eigenvalue weighted by Gasteiger charge is 2.13. The second-order valence-electron chi connectivity index (χ2n) is 4.09. The van der Waals surface area contributed by atoms with Gasteiger partial charge in [0.05, 0.1) is 0 Å². The van der Waals surface area contributed by atoms with Gasteiger partial charge in [0.15, 0.2) is 0 Å². The second kappa shape index (κ2) is 5.00. The Balaban J connectivity index is 2.55. The van der Waals surface area contributed by atoms with E-state index >= 15 is 0 Å². The van der Waals surface area contributed by atoms with Gasteiger partial charge in [-0.15, -0.1) is 0 Å². The average Bonchev–Trinajstić information content (AvgIpc) is 2.40. The number of carbonyl (C=O) groups excluding carboxylic acids is 1. The third kappa shape index (κ3) is 2.11. The predicted molar refractivity (Wildman–Crippen MR) is 69.6 cm³/mol. The number of hydrogen-bond acceptors (Lipinski definition) is 3. The van der Waals surface area contributed by atoms with Gasteiger partial charge in [-0.25, -0.2) is 4.98 Å². The number of fused-ring (bicyclic) bond motifs is 1. The Kier molecular flexibility index (Phi) is 3.41. The molecule has 0 unspecified atom stereocenters. The van der Waals surface area contributed by atoms with E-state index in [0.29, 0.717) is 12.2 Å². The van der Waals surface area contributed by atoms with Crippen molar-refractivity contribution in [1.29, 1.82) is 0 Å². The first-order valence-electron chi connectivity index (χ1n) is 5.88. The quantitative estimate of drug-likeness (QED) is 0.879. The Hall–Kier alpha value is -2.17. The molecule has 0 atom stereocenters. The SMILES string of the molecule is CCCNC(=O)c1cc2cccnc2n(C)c1=O. The van der Waals surface area contributed by atoms with Gasteiger partial charge in [-0.1, -0.05) is 6.92 Å². The summed E-state index contributed by atoms with van der Waals surface area (Å²) in [6, 6.07) is 5.20. The first-order valence-corrected chi connectivity index (χ1v) is 5.88. The lowest BCUT2D eigenvalue weighted by Crippen LogP contribution is -2.32. The average molecular weight is 245 g/mol. The van der Waals surface area contributed by atoms with Crippen LogP contribution in [0.1, 0.15) is 23.7 Å². The van der Waals surface area contributed by atoms with Crippen LogP contribution in [0.4, 0.5) is 0 Å². The first kappa shape index (κ1) is 12.3. The number of aryl methyl sites for hydroxylation is 1. The van der Waals surface area contributed by atoms with Crippen LogP contribution in [0.3, 0.4) is 0 Å². The summed E-state index contributed by atoms with van der Waals surface area (Å²) in [7, 11) is 1.62. The van der Waals surface area contributed by atoms with Gasteiger partial charge in [-0.3, -0.25) is 14.2 Å². The maximum atomic E-state index is 12.0. The lowest BCUT2D eigenvalue weighted by atomic mass is 10.2. The molecule has 0 aliphatic carbocycles. The maximum absolute atomic E-state index is 12.0. The molecule has 2 heterocycles. The molecule has 0 fully saturated rings. The van der Waals surface area contributed by atoms with Gasteiger partial charge < -0.3 is 5.32 Å². The maximum Gasteiger partial charge on any atom is 0.264 e. The number of carbonyl (C=O) groups is 1. The van der Waals surface area contributed by atoms with Crippen molar-refractivity contribution < 1.29 is 4.79 Å². The number of amides is 1. The Bertz CT molecular complexity index is 646. The zero-order valence-corrected chi connectivity index (χ0v) is 10.4. The molecule has 18 heavy (non-hydrogen) atoms. The first-order chi connectivity index (χ1) is 8.65. The molecule has 2 aromatic rings. The molecule has 0 bridgehead atoms. The number of nitrogens with one attached hydrogen (secondary N) is 1. The molecular formula is C13H15N3O2. The third-order valence-corrected chi connectivity index (χ3v) is 2.75. The summed E-state index contributed by atoms with van der Waals surface area (Å²) in [6.07, 6.45) is 2.46. The molecule has 1 N–H and O–H groups in total. The number of pyridine rings is 2. The van der Waals surface area contributed by atoms with Crippen LogP contribution in [-0.2, 0) is 7.05 Å². The van der Waals surface area contributed by atoms with Gasteiger partial charge in [-0.05, 0) is 24.6 Å². The smallest absolute Gasteiger partial charge is 0.264 e. The molecule has 0 radical (unpaired) electrons. The van der Waals surface area contributed by atoms with Crippen molar-refractivity contribution in [3.8, 4) is 0 Å². The highest BCUT2D eigenvalue weighted by Crippen LogP contribution is 2.09. The lowest BCUT2D eigenvalue weighted by Gasteiger charge is -2.07. The minimum Gasteiger partial charge on any atom is -0.352 e. The Morgan fingerprint density at radius 2 is 2.28 bits per heavy atom. The summed E-state index contributed by atoms with van der Waals surface area (Å²) in [4.78, 5) is 28.1.